The molecule has 0 spiro atoms. The highest BCUT2D eigenvalue weighted by atomic mass is 28.3. The number of hydrogen-bond donors (Lipinski definition) is 1. The largest absolute Gasteiger partial charge is 0.478 e. The predicted octanol–water partition coefficient (Wildman–Crippen LogP) is -0.362. The van der Waals surface area contributed by atoms with Gasteiger partial charge in [0.2, 0.25) is 0 Å². The summed E-state index contributed by atoms with van der Waals surface area (Å²) in [7, 11) is -2.00. The lowest BCUT2D eigenvalue weighted by Crippen LogP contribution is -2.01. The van der Waals surface area contributed by atoms with Crippen molar-refractivity contribution in [2.24, 2.45) is 0 Å². The second-order valence-corrected chi connectivity index (χ2v) is 2.16. The molecule has 0 unspecified atom stereocenters. The van der Waals surface area contributed by atoms with E-state index in [1.807, 2.05) is 0 Å². The third kappa shape index (κ3) is 2.10. The van der Waals surface area contributed by atoms with E-state index in [4.69, 9.17) is 5.11 Å². The minimum atomic E-state index is -2.00. The fraction of sp³-hybridized carbons (Fsp3) is 0. The van der Waals surface area contributed by atoms with Gasteiger partial charge < -0.3 is 9.21 Å². The number of aliphatic carboxylic acids is 1. The van der Waals surface area contributed by atoms with Crippen molar-refractivity contribution in [3.8, 4) is 0 Å². The molecule has 1 N–H and O–H groups in total. The molecule has 0 atom stereocenters. The maximum atomic E-state index is 11.3. The molecule has 0 radical (unpaired) electrons. The van der Waals surface area contributed by atoms with Crippen molar-refractivity contribution < 1.29 is 14.0 Å². The van der Waals surface area contributed by atoms with Gasteiger partial charge in [-0.2, -0.15) is 0 Å². The molecule has 7 heavy (non-hydrogen) atoms. The van der Waals surface area contributed by atoms with Crippen molar-refractivity contribution >= 4 is 15.8 Å². The molecule has 0 rings (SSSR count). The Morgan fingerprint density at radius 2 is 2.29 bits per heavy atom. The van der Waals surface area contributed by atoms with E-state index in [-0.39, 0.29) is 5.20 Å². The van der Waals surface area contributed by atoms with Crippen LogP contribution in [0, 0.1) is 0 Å². The van der Waals surface area contributed by atoms with E-state index >= 15 is 0 Å². The van der Waals surface area contributed by atoms with E-state index in [0.29, 0.717) is 0 Å². The van der Waals surface area contributed by atoms with Crippen molar-refractivity contribution in [2.75, 3.05) is 0 Å². The van der Waals surface area contributed by atoms with Crippen molar-refractivity contribution in [2.45, 2.75) is 0 Å². The molecule has 2 nitrogen and oxygen atoms in total. The van der Waals surface area contributed by atoms with E-state index in [1.165, 1.54) is 0 Å². The normalized spacial score (nSPS) is 9.86. The molecule has 0 aliphatic heterocycles. The van der Waals surface area contributed by atoms with Crippen molar-refractivity contribution in [3.05, 3.63) is 11.8 Å². The van der Waals surface area contributed by atoms with Crippen LogP contribution in [-0.2, 0) is 4.79 Å². The van der Waals surface area contributed by atoms with Crippen LogP contribution < -0.4 is 0 Å². The van der Waals surface area contributed by atoms with Crippen LogP contribution in [0.1, 0.15) is 0 Å². The number of carboxylic acid groups (broad SMARTS) is 1. The molecular formula is C3H5FO2Si. The Hall–Kier alpha value is -0.643. The van der Waals surface area contributed by atoms with Crippen LogP contribution in [0.25, 0.3) is 0 Å². The Kier molecular flexibility index (Phi) is 2.29. The summed E-state index contributed by atoms with van der Waals surface area (Å²) in [6, 6.07) is 0. The monoisotopic (exact) mass is 120 g/mol. The molecule has 0 fully saturated rings. The highest BCUT2D eigenvalue weighted by Crippen LogP contribution is 1.84. The molecule has 0 bridgehead atoms. The number of halogens is 1. The zero-order valence-electron chi connectivity index (χ0n) is 3.65. The number of rotatable bonds is 2. The Labute approximate surface area is 42.6 Å². The third-order valence-electron chi connectivity index (χ3n) is 0.464. The third-order valence-corrected chi connectivity index (χ3v) is 1.09. The van der Waals surface area contributed by atoms with Crippen LogP contribution in [0.5, 0.6) is 0 Å². The van der Waals surface area contributed by atoms with E-state index in [0.717, 1.165) is 0 Å². The first-order valence-electron chi connectivity index (χ1n) is 1.65. The zero-order valence-corrected chi connectivity index (χ0v) is 5.06. The average molecular weight is 120 g/mol. The summed E-state index contributed by atoms with van der Waals surface area (Å²) in [6.45, 7) is 2.96. The highest BCUT2D eigenvalue weighted by molar-refractivity contribution is 6.46. The molecule has 0 saturated carbocycles. The second-order valence-electron chi connectivity index (χ2n) is 1.04. The first-order chi connectivity index (χ1) is 3.18. The molecular weight excluding hydrogens is 115 g/mol. The van der Waals surface area contributed by atoms with Crippen molar-refractivity contribution in [1.29, 1.82) is 0 Å². The van der Waals surface area contributed by atoms with Gasteiger partial charge in [0, 0.05) is 5.20 Å². The van der Waals surface area contributed by atoms with Crippen LogP contribution in [0.2, 0.25) is 0 Å². The van der Waals surface area contributed by atoms with Crippen LogP contribution in [0.15, 0.2) is 11.8 Å². The molecule has 0 aromatic heterocycles. The molecule has 0 aliphatic carbocycles. The van der Waals surface area contributed by atoms with Gasteiger partial charge in [0.05, 0.1) is 0 Å². The van der Waals surface area contributed by atoms with E-state index < -0.39 is 15.8 Å². The van der Waals surface area contributed by atoms with Gasteiger partial charge in [-0.15, -0.1) is 0 Å². The minimum Gasteiger partial charge on any atom is -0.478 e. The lowest BCUT2D eigenvalue weighted by Gasteiger charge is -1.84. The van der Waals surface area contributed by atoms with Gasteiger partial charge in [0.15, 0.2) is 0 Å². The summed E-state index contributed by atoms with van der Waals surface area (Å²) < 4.78 is 11.3. The van der Waals surface area contributed by atoms with Gasteiger partial charge in [0.25, 0.3) is 9.85 Å². The minimum absolute atomic E-state index is 0.264. The maximum Gasteiger partial charge on any atom is 0.329 e. The van der Waals surface area contributed by atoms with E-state index in [2.05, 4.69) is 6.58 Å². The zero-order chi connectivity index (χ0) is 5.86. The Morgan fingerprint density at radius 1 is 1.86 bits per heavy atom. The quantitative estimate of drug-likeness (QED) is 0.307. The van der Waals surface area contributed by atoms with Crippen LogP contribution in [0.3, 0.4) is 0 Å². The maximum absolute atomic E-state index is 11.3. The van der Waals surface area contributed by atoms with Crippen LogP contribution >= 0.6 is 0 Å². The summed E-state index contributed by atoms with van der Waals surface area (Å²) in [5.74, 6) is -1.21. The lowest BCUT2D eigenvalue weighted by atomic mass is 10.7. The predicted molar refractivity (Wildman–Crippen MR) is 26.4 cm³/mol. The van der Waals surface area contributed by atoms with E-state index in [1.54, 1.807) is 0 Å². The smallest absolute Gasteiger partial charge is 0.329 e. The van der Waals surface area contributed by atoms with Gasteiger partial charge >= 0.3 is 5.97 Å². The van der Waals surface area contributed by atoms with Gasteiger partial charge in [0.1, 0.15) is 0 Å². The van der Waals surface area contributed by atoms with Crippen LogP contribution in [-0.4, -0.2) is 20.9 Å². The lowest BCUT2D eigenvalue weighted by molar-refractivity contribution is -0.131. The molecule has 0 amide bonds. The van der Waals surface area contributed by atoms with Crippen LogP contribution in [0.4, 0.5) is 4.11 Å². The summed E-state index contributed by atoms with van der Waals surface area (Å²) in [6.07, 6.45) is 0. The molecule has 4 heteroatoms. The number of carboxylic acids is 1. The molecule has 0 aliphatic rings. The van der Waals surface area contributed by atoms with Crippen molar-refractivity contribution in [3.63, 3.8) is 0 Å². The summed E-state index contributed by atoms with van der Waals surface area (Å²) >= 11 is 0. The van der Waals surface area contributed by atoms with Crippen molar-refractivity contribution in [1.82, 2.24) is 0 Å². The van der Waals surface area contributed by atoms with E-state index in [9.17, 15) is 8.90 Å². The Balaban J connectivity index is 3.58. The van der Waals surface area contributed by atoms with Gasteiger partial charge in [-0.3, -0.25) is 0 Å². The Bertz CT molecular complexity index is 101. The second kappa shape index (κ2) is 2.52. The topological polar surface area (TPSA) is 37.3 Å². The Morgan fingerprint density at radius 3 is 2.29 bits per heavy atom. The van der Waals surface area contributed by atoms with Gasteiger partial charge in [-0.1, -0.05) is 6.58 Å². The average Bonchev–Trinajstić information content (AvgIpc) is 1.65. The fourth-order valence-electron chi connectivity index (χ4n) is 0.0572. The number of carbonyl (C=O) groups is 1. The summed E-state index contributed by atoms with van der Waals surface area (Å²) in [5, 5.41) is 7.61. The van der Waals surface area contributed by atoms with Gasteiger partial charge in [-0.25, -0.2) is 4.79 Å². The first-order valence-corrected chi connectivity index (χ1v) is 2.89. The summed E-state index contributed by atoms with van der Waals surface area (Å²) in [5.41, 5.74) is 0. The summed E-state index contributed by atoms with van der Waals surface area (Å²) in [4.78, 5) is 9.63. The highest BCUT2D eigenvalue weighted by Gasteiger charge is 2.00. The molecule has 0 aromatic rings. The first kappa shape index (κ1) is 6.36. The number of hydrogen-bond acceptors (Lipinski definition) is 1. The molecule has 40 valence electrons. The van der Waals surface area contributed by atoms with Gasteiger partial charge in [-0.05, 0) is 0 Å². The SMILES string of the molecule is C=C([SiH2]F)C(=O)O. The molecule has 0 saturated heterocycles. The molecule has 0 heterocycles. The fourth-order valence-corrected chi connectivity index (χ4v) is 0.171. The standard InChI is InChI=1S/C3H5FO2Si/c1-2(7-4)3(5)6/h1,7H2,(H,5,6). The molecule has 0 aromatic carbocycles.